The molecule has 1 N–H and O–H groups in total. The third kappa shape index (κ3) is 3.56. The predicted molar refractivity (Wildman–Crippen MR) is 92.0 cm³/mol. The van der Waals surface area contributed by atoms with Crippen LogP contribution in [0.3, 0.4) is 0 Å². The molecule has 1 aromatic carbocycles. The number of aryl methyl sites for hydroxylation is 2. The Morgan fingerprint density at radius 1 is 1.31 bits per heavy atom. The molecule has 1 aromatic heterocycles. The molecule has 26 heavy (non-hydrogen) atoms. The van der Waals surface area contributed by atoms with Crippen LogP contribution in [0.15, 0.2) is 21.3 Å². The SMILES string of the molecule is Cc1c(CC(=O)NCC(=O)[O-])c(=O)oc2cc3c(cc12)CCC(C)(C)O3. The molecule has 0 fully saturated rings. The van der Waals surface area contributed by atoms with Gasteiger partial charge < -0.3 is 24.4 Å². The molecule has 1 aliphatic rings. The van der Waals surface area contributed by atoms with Crippen molar-refractivity contribution < 1.29 is 23.8 Å². The summed E-state index contributed by atoms with van der Waals surface area (Å²) in [5.74, 6) is -1.27. The van der Waals surface area contributed by atoms with Crippen LogP contribution in [0.5, 0.6) is 5.75 Å². The second-order valence-electron chi connectivity index (χ2n) is 7.14. The van der Waals surface area contributed by atoms with E-state index in [1.54, 1.807) is 13.0 Å². The van der Waals surface area contributed by atoms with Gasteiger partial charge in [-0.15, -0.1) is 0 Å². The molecule has 1 aliphatic heterocycles. The first-order chi connectivity index (χ1) is 12.2. The number of carboxylic acids is 1. The summed E-state index contributed by atoms with van der Waals surface area (Å²) >= 11 is 0. The topological polar surface area (TPSA) is 109 Å². The lowest BCUT2D eigenvalue weighted by molar-refractivity contribution is -0.304. The number of benzene rings is 1. The summed E-state index contributed by atoms with van der Waals surface area (Å²) in [5.41, 5.74) is 1.41. The molecule has 0 spiro atoms. The highest BCUT2D eigenvalue weighted by atomic mass is 16.5. The summed E-state index contributed by atoms with van der Waals surface area (Å²) in [5, 5.41) is 13.4. The largest absolute Gasteiger partial charge is 0.548 e. The van der Waals surface area contributed by atoms with Gasteiger partial charge >= 0.3 is 5.63 Å². The lowest BCUT2D eigenvalue weighted by Gasteiger charge is -2.32. The normalized spacial score (nSPS) is 15.2. The van der Waals surface area contributed by atoms with Gasteiger partial charge in [0.1, 0.15) is 16.9 Å². The van der Waals surface area contributed by atoms with Gasteiger partial charge in [-0.1, -0.05) is 0 Å². The highest BCUT2D eigenvalue weighted by molar-refractivity contribution is 5.87. The first kappa shape index (κ1) is 18.0. The quantitative estimate of drug-likeness (QED) is 0.803. The van der Waals surface area contributed by atoms with Gasteiger partial charge in [-0.25, -0.2) is 4.79 Å². The van der Waals surface area contributed by atoms with Crippen LogP contribution in [-0.4, -0.2) is 24.0 Å². The summed E-state index contributed by atoms with van der Waals surface area (Å²) < 4.78 is 11.4. The number of nitrogens with one attached hydrogen (secondary N) is 1. The minimum Gasteiger partial charge on any atom is -0.548 e. The van der Waals surface area contributed by atoms with Crippen LogP contribution in [0, 0.1) is 6.92 Å². The van der Waals surface area contributed by atoms with Crippen LogP contribution in [0.4, 0.5) is 0 Å². The summed E-state index contributed by atoms with van der Waals surface area (Å²) in [7, 11) is 0. The van der Waals surface area contributed by atoms with Gasteiger partial charge in [-0.05, 0) is 50.8 Å². The summed E-state index contributed by atoms with van der Waals surface area (Å²) in [4.78, 5) is 34.6. The van der Waals surface area contributed by atoms with Gasteiger partial charge in [0.25, 0.3) is 0 Å². The highest BCUT2D eigenvalue weighted by Crippen LogP contribution is 2.36. The second-order valence-corrected chi connectivity index (χ2v) is 7.14. The van der Waals surface area contributed by atoms with E-state index in [1.165, 1.54) is 0 Å². The predicted octanol–water partition coefficient (Wildman–Crippen LogP) is 0.614. The molecule has 138 valence electrons. The first-order valence-corrected chi connectivity index (χ1v) is 8.41. The molecule has 2 heterocycles. The third-order valence-electron chi connectivity index (χ3n) is 4.62. The Bertz CT molecular complexity index is 957. The molecule has 0 saturated heterocycles. The zero-order valence-corrected chi connectivity index (χ0v) is 14.9. The molecule has 7 heteroatoms. The Labute approximate surface area is 150 Å². The van der Waals surface area contributed by atoms with E-state index in [1.807, 2.05) is 19.9 Å². The molecular formula is C19H20NO6-. The van der Waals surface area contributed by atoms with Crippen LogP contribution in [0.2, 0.25) is 0 Å². The van der Waals surface area contributed by atoms with Crippen LogP contribution < -0.4 is 20.8 Å². The second kappa shape index (κ2) is 6.48. The number of hydrogen-bond acceptors (Lipinski definition) is 6. The van der Waals surface area contributed by atoms with Crippen molar-refractivity contribution in [2.75, 3.05) is 6.54 Å². The molecule has 2 aromatic rings. The summed E-state index contributed by atoms with van der Waals surface area (Å²) in [6.07, 6.45) is 1.47. The number of amides is 1. The van der Waals surface area contributed by atoms with E-state index in [0.29, 0.717) is 16.9 Å². The van der Waals surface area contributed by atoms with Crippen LogP contribution >= 0.6 is 0 Å². The van der Waals surface area contributed by atoms with Gasteiger partial charge in [0.05, 0.1) is 24.5 Å². The molecule has 0 radical (unpaired) electrons. The summed E-state index contributed by atoms with van der Waals surface area (Å²) in [6.45, 7) is 5.17. The number of rotatable bonds is 4. The van der Waals surface area contributed by atoms with E-state index in [9.17, 15) is 19.5 Å². The molecule has 7 nitrogen and oxygen atoms in total. The average molecular weight is 358 g/mol. The number of aliphatic carboxylic acids is 1. The van der Waals surface area contributed by atoms with E-state index < -0.39 is 24.0 Å². The number of carbonyl (C=O) groups is 2. The fraction of sp³-hybridized carbons (Fsp3) is 0.421. The van der Waals surface area contributed by atoms with Crippen molar-refractivity contribution in [1.82, 2.24) is 5.32 Å². The number of carbonyl (C=O) groups excluding carboxylic acids is 2. The van der Waals surface area contributed by atoms with E-state index in [4.69, 9.17) is 9.15 Å². The molecule has 0 bridgehead atoms. The van der Waals surface area contributed by atoms with Crippen LogP contribution in [0.25, 0.3) is 11.0 Å². The van der Waals surface area contributed by atoms with Gasteiger partial charge in [0.2, 0.25) is 5.91 Å². The van der Waals surface area contributed by atoms with Crippen molar-refractivity contribution in [3.63, 3.8) is 0 Å². The number of fused-ring (bicyclic) bond motifs is 2. The van der Waals surface area contributed by atoms with Crippen LogP contribution in [-0.2, 0) is 22.4 Å². The number of carboxylic acid groups (broad SMARTS) is 1. The molecule has 0 atom stereocenters. The standard InChI is InChI=1S/C19H21NO6/c1-10-12-6-11-4-5-19(2,3)26-14(11)8-15(12)25-18(24)13(10)7-16(21)20-9-17(22)23/h6,8H,4-5,7,9H2,1-3H3,(H,20,21)(H,22,23)/p-1. The average Bonchev–Trinajstić information content (AvgIpc) is 2.54. The highest BCUT2D eigenvalue weighted by Gasteiger charge is 2.27. The number of hydrogen-bond donors (Lipinski definition) is 1. The lowest BCUT2D eigenvalue weighted by atomic mass is 9.92. The Balaban J connectivity index is 1.99. The molecule has 3 rings (SSSR count). The molecule has 0 aliphatic carbocycles. The van der Waals surface area contributed by atoms with Gasteiger partial charge in [-0.2, -0.15) is 0 Å². The van der Waals surface area contributed by atoms with Crippen molar-refractivity contribution >= 4 is 22.8 Å². The maximum absolute atomic E-state index is 12.3. The van der Waals surface area contributed by atoms with E-state index >= 15 is 0 Å². The van der Waals surface area contributed by atoms with Crippen molar-refractivity contribution in [3.05, 3.63) is 39.2 Å². The van der Waals surface area contributed by atoms with E-state index in [-0.39, 0.29) is 17.6 Å². The monoisotopic (exact) mass is 358 g/mol. The van der Waals surface area contributed by atoms with Crippen molar-refractivity contribution in [2.45, 2.75) is 45.6 Å². The Morgan fingerprint density at radius 2 is 2.04 bits per heavy atom. The maximum Gasteiger partial charge on any atom is 0.340 e. The third-order valence-corrected chi connectivity index (χ3v) is 4.62. The molecule has 0 saturated carbocycles. The molecular weight excluding hydrogens is 338 g/mol. The van der Waals surface area contributed by atoms with Crippen LogP contribution in [0.1, 0.15) is 37.0 Å². The van der Waals surface area contributed by atoms with E-state index in [0.717, 1.165) is 23.8 Å². The smallest absolute Gasteiger partial charge is 0.340 e. The molecule has 0 unspecified atom stereocenters. The van der Waals surface area contributed by atoms with Crippen molar-refractivity contribution in [3.8, 4) is 5.75 Å². The zero-order valence-electron chi connectivity index (χ0n) is 14.9. The fourth-order valence-electron chi connectivity index (χ4n) is 3.13. The van der Waals surface area contributed by atoms with Gasteiger partial charge in [0.15, 0.2) is 0 Å². The van der Waals surface area contributed by atoms with Crippen molar-refractivity contribution in [1.29, 1.82) is 0 Å². The maximum atomic E-state index is 12.3. The first-order valence-electron chi connectivity index (χ1n) is 8.41. The number of ether oxygens (including phenoxy) is 1. The van der Waals surface area contributed by atoms with Gasteiger partial charge in [-0.3, -0.25) is 4.79 Å². The van der Waals surface area contributed by atoms with Gasteiger partial charge in [0, 0.05) is 11.5 Å². The van der Waals surface area contributed by atoms with Crippen molar-refractivity contribution in [2.24, 2.45) is 0 Å². The Hall–Kier alpha value is -2.83. The van der Waals surface area contributed by atoms with E-state index in [2.05, 4.69) is 5.32 Å². The Morgan fingerprint density at radius 3 is 2.73 bits per heavy atom. The summed E-state index contributed by atoms with van der Waals surface area (Å²) in [6, 6.07) is 3.65. The minimum absolute atomic E-state index is 0.213. The zero-order chi connectivity index (χ0) is 19.1. The Kier molecular flexibility index (Phi) is 4.48. The molecule has 1 amide bonds. The lowest BCUT2D eigenvalue weighted by Crippen LogP contribution is -2.38. The minimum atomic E-state index is -1.39. The fourth-order valence-corrected chi connectivity index (χ4v) is 3.13.